The van der Waals surface area contributed by atoms with Crippen LogP contribution >= 0.6 is 0 Å². The fourth-order valence-corrected chi connectivity index (χ4v) is 0. The molecule has 38 valence electrons. The number of nitrogens with two attached hydrogens (primary N) is 1. The van der Waals surface area contributed by atoms with Crippen molar-refractivity contribution in [3.8, 4) is 0 Å². The minimum Gasteiger partial charge on any atom is -0.397 e. The van der Waals surface area contributed by atoms with E-state index in [1.807, 2.05) is 0 Å². The van der Waals surface area contributed by atoms with Crippen LogP contribution in [0.15, 0.2) is 0 Å². The first-order valence-electron chi connectivity index (χ1n) is 1.59. The lowest BCUT2D eigenvalue weighted by Gasteiger charge is -1.52. The SMILES string of the molecule is CCO.NC=O. The lowest BCUT2D eigenvalue weighted by atomic mass is 10.9. The molecule has 3 nitrogen and oxygen atoms in total. The van der Waals surface area contributed by atoms with Crippen molar-refractivity contribution < 1.29 is 9.90 Å². The van der Waals surface area contributed by atoms with Gasteiger partial charge in [0.1, 0.15) is 0 Å². The van der Waals surface area contributed by atoms with Gasteiger partial charge in [0.05, 0.1) is 0 Å². The molecule has 0 aliphatic rings. The summed E-state index contributed by atoms with van der Waals surface area (Å²) in [6, 6.07) is 0. The Kier molecular flexibility index (Phi) is 38.5. The average Bonchev–Trinajstić information content (AvgIpc) is 1.39. The standard InChI is InChI=1S/C2H6O.CH3NO/c1-2-3;2-1-3/h3H,2H2,1H3;1H,(H2,2,3). The zero-order valence-electron chi connectivity index (χ0n) is 3.72. The van der Waals surface area contributed by atoms with Gasteiger partial charge in [-0.15, -0.1) is 0 Å². The van der Waals surface area contributed by atoms with Gasteiger partial charge in [0, 0.05) is 6.61 Å². The summed E-state index contributed by atoms with van der Waals surface area (Å²) in [5.74, 6) is 0. The predicted molar refractivity (Wildman–Crippen MR) is 23.0 cm³/mol. The third-order valence-corrected chi connectivity index (χ3v) is 0. The zero-order chi connectivity index (χ0) is 5.41. The lowest BCUT2D eigenvalue weighted by Crippen LogP contribution is -1.82. The van der Waals surface area contributed by atoms with E-state index < -0.39 is 0 Å². The van der Waals surface area contributed by atoms with Crippen molar-refractivity contribution in [3.05, 3.63) is 0 Å². The van der Waals surface area contributed by atoms with Crippen LogP contribution in [0.2, 0.25) is 0 Å². The van der Waals surface area contributed by atoms with E-state index in [4.69, 9.17) is 9.90 Å². The summed E-state index contributed by atoms with van der Waals surface area (Å²) < 4.78 is 0. The smallest absolute Gasteiger partial charge is 0.204 e. The number of primary amides is 1. The summed E-state index contributed by atoms with van der Waals surface area (Å²) in [4.78, 5) is 8.58. The predicted octanol–water partition coefficient (Wildman–Crippen LogP) is -0.900. The van der Waals surface area contributed by atoms with Crippen LogP contribution in [0.25, 0.3) is 0 Å². The van der Waals surface area contributed by atoms with Gasteiger partial charge in [-0.1, -0.05) is 0 Å². The molecule has 0 aromatic heterocycles. The van der Waals surface area contributed by atoms with Crippen LogP contribution in [0.3, 0.4) is 0 Å². The summed E-state index contributed by atoms with van der Waals surface area (Å²) in [5.41, 5.74) is 4.17. The Hall–Kier alpha value is -0.570. The van der Waals surface area contributed by atoms with Crippen LogP contribution in [0.1, 0.15) is 6.92 Å². The van der Waals surface area contributed by atoms with Crippen molar-refractivity contribution in [2.24, 2.45) is 5.73 Å². The molecule has 0 spiro atoms. The first-order chi connectivity index (χ1) is 2.83. The first kappa shape index (κ1) is 9.06. The van der Waals surface area contributed by atoms with Crippen molar-refractivity contribution >= 4 is 6.41 Å². The molecule has 0 atom stereocenters. The van der Waals surface area contributed by atoms with E-state index in [1.165, 1.54) is 0 Å². The lowest BCUT2D eigenvalue weighted by molar-refractivity contribution is -0.106. The maximum absolute atomic E-state index is 8.58. The average molecular weight is 91.1 g/mol. The highest BCUT2D eigenvalue weighted by Crippen LogP contribution is 1.30. The molecule has 0 radical (unpaired) electrons. The number of amides is 1. The largest absolute Gasteiger partial charge is 0.397 e. The first-order valence-corrected chi connectivity index (χ1v) is 1.59. The Morgan fingerprint density at radius 1 is 2.00 bits per heavy atom. The number of hydrogen-bond acceptors (Lipinski definition) is 2. The molecule has 0 aliphatic heterocycles. The van der Waals surface area contributed by atoms with Crippen molar-refractivity contribution in [3.63, 3.8) is 0 Å². The summed E-state index contributed by atoms with van der Waals surface area (Å²) in [6.45, 7) is 1.93. The van der Waals surface area contributed by atoms with Crippen molar-refractivity contribution in [2.45, 2.75) is 6.92 Å². The van der Waals surface area contributed by atoms with E-state index >= 15 is 0 Å². The molecule has 0 bridgehead atoms. The molecule has 0 rings (SSSR count). The monoisotopic (exact) mass is 91.1 g/mol. The third-order valence-electron chi connectivity index (χ3n) is 0. The Labute approximate surface area is 36.8 Å². The number of hydrogen-bond donors (Lipinski definition) is 2. The second kappa shape index (κ2) is 25.5. The normalized spacial score (nSPS) is 5.00. The van der Waals surface area contributed by atoms with E-state index in [0.29, 0.717) is 0 Å². The van der Waals surface area contributed by atoms with Crippen LogP contribution in [0, 0.1) is 0 Å². The summed E-state index contributed by atoms with van der Waals surface area (Å²) in [5, 5.41) is 7.57. The second-order valence-corrected chi connectivity index (χ2v) is 0.452. The van der Waals surface area contributed by atoms with Crippen LogP contribution in [-0.2, 0) is 4.79 Å². The Morgan fingerprint density at radius 3 is 2.00 bits per heavy atom. The Bertz CT molecular complexity index is 22.8. The molecule has 0 aromatic rings. The van der Waals surface area contributed by atoms with E-state index in [1.54, 1.807) is 6.92 Å². The van der Waals surface area contributed by atoms with Gasteiger partial charge >= 0.3 is 0 Å². The van der Waals surface area contributed by atoms with Crippen LogP contribution < -0.4 is 5.73 Å². The molecule has 0 saturated heterocycles. The highest BCUT2D eigenvalue weighted by Gasteiger charge is 1.34. The quantitative estimate of drug-likeness (QED) is 0.379. The highest BCUT2D eigenvalue weighted by atomic mass is 16.2. The van der Waals surface area contributed by atoms with Gasteiger partial charge in [-0.2, -0.15) is 0 Å². The van der Waals surface area contributed by atoms with E-state index in [2.05, 4.69) is 5.73 Å². The van der Waals surface area contributed by atoms with Crippen molar-refractivity contribution in [2.75, 3.05) is 6.61 Å². The minimum absolute atomic E-state index is 0.250. The van der Waals surface area contributed by atoms with Crippen molar-refractivity contribution in [1.82, 2.24) is 0 Å². The number of aliphatic hydroxyl groups is 1. The Morgan fingerprint density at radius 2 is 2.00 bits per heavy atom. The summed E-state index contributed by atoms with van der Waals surface area (Å²) in [7, 11) is 0. The molecule has 0 fully saturated rings. The van der Waals surface area contributed by atoms with E-state index in [9.17, 15) is 0 Å². The van der Waals surface area contributed by atoms with Crippen molar-refractivity contribution in [1.29, 1.82) is 0 Å². The Balaban J connectivity index is 0. The summed E-state index contributed by atoms with van der Waals surface area (Å²) in [6.07, 6.45) is 0.250. The zero-order valence-corrected chi connectivity index (χ0v) is 3.72. The highest BCUT2D eigenvalue weighted by molar-refractivity contribution is 5.42. The summed E-state index contributed by atoms with van der Waals surface area (Å²) >= 11 is 0. The molecule has 0 aliphatic carbocycles. The molecule has 3 N–H and O–H groups in total. The molecule has 0 heterocycles. The number of aliphatic hydroxyl groups excluding tert-OH is 1. The van der Waals surface area contributed by atoms with E-state index in [-0.39, 0.29) is 13.0 Å². The molecule has 1 amide bonds. The molecule has 0 saturated carbocycles. The van der Waals surface area contributed by atoms with Gasteiger partial charge < -0.3 is 10.8 Å². The van der Waals surface area contributed by atoms with Gasteiger partial charge in [0.25, 0.3) is 0 Å². The molecular weight excluding hydrogens is 82.0 g/mol. The van der Waals surface area contributed by atoms with Gasteiger partial charge in [-0.05, 0) is 6.92 Å². The fourth-order valence-electron chi connectivity index (χ4n) is 0. The van der Waals surface area contributed by atoms with Gasteiger partial charge in [0.15, 0.2) is 0 Å². The molecule has 3 heteroatoms. The maximum Gasteiger partial charge on any atom is 0.204 e. The minimum atomic E-state index is 0.250. The van der Waals surface area contributed by atoms with Crippen LogP contribution in [0.4, 0.5) is 0 Å². The third kappa shape index (κ3) is 62.3. The second-order valence-electron chi connectivity index (χ2n) is 0.452. The van der Waals surface area contributed by atoms with E-state index in [0.717, 1.165) is 0 Å². The van der Waals surface area contributed by atoms with Crippen LogP contribution in [0.5, 0.6) is 0 Å². The number of carbonyl (C=O) groups is 1. The fraction of sp³-hybridized carbons (Fsp3) is 0.667. The van der Waals surface area contributed by atoms with Gasteiger partial charge in [0.2, 0.25) is 6.41 Å². The molecule has 0 aromatic carbocycles. The maximum atomic E-state index is 8.58. The molecule has 0 unspecified atom stereocenters. The molecular formula is C3H9NO2. The van der Waals surface area contributed by atoms with Gasteiger partial charge in [-0.25, -0.2) is 0 Å². The van der Waals surface area contributed by atoms with Crippen LogP contribution in [-0.4, -0.2) is 18.1 Å². The number of carbonyl (C=O) groups excluding carboxylic acids is 1. The number of rotatable bonds is 0. The van der Waals surface area contributed by atoms with Gasteiger partial charge in [-0.3, -0.25) is 4.79 Å². The topological polar surface area (TPSA) is 63.3 Å². The molecule has 6 heavy (non-hydrogen) atoms.